The molecule has 0 aliphatic heterocycles. The Balaban J connectivity index is 8.59. The van der Waals surface area contributed by atoms with Crippen LogP contribution < -0.4 is 5.40 Å². The average molecular weight is 1540 g/mol. The molecule has 0 aromatic carbocycles. The molecular weight excluding hydrogens is 1520 g/mol. The molecule has 0 aliphatic rings. The summed E-state index contributed by atoms with van der Waals surface area (Å²) >= 11 is 0. The second-order valence-electron chi connectivity index (χ2n) is 18.5. The first-order chi connectivity index (χ1) is 38.6. The topological polar surface area (TPSA) is 26.0 Å². The molecule has 554 valence electrons. The molecule has 0 bridgehead atoms. The fourth-order valence-corrected chi connectivity index (χ4v) is 9.43. The van der Waals surface area contributed by atoms with Crippen molar-refractivity contribution in [1.82, 2.24) is 0 Å². The third-order valence-electron chi connectivity index (χ3n) is 12.4. The summed E-state index contributed by atoms with van der Waals surface area (Å²) in [4.78, 5) is 0. The van der Waals surface area contributed by atoms with E-state index < -0.39 is 206 Å². The maximum Gasteiger partial charge on any atom is 0.460 e. The van der Waals surface area contributed by atoms with Gasteiger partial charge in [-0.1, -0.05) is 0 Å². The van der Waals surface area contributed by atoms with Crippen molar-refractivity contribution in [3.63, 3.8) is 0 Å². The lowest BCUT2D eigenvalue weighted by atomic mass is 9.87. The second-order valence-corrected chi connectivity index (χ2v) is 22.8. The van der Waals surface area contributed by atoms with Gasteiger partial charge in [0, 0.05) is 19.3 Å². The van der Waals surface area contributed by atoms with Crippen LogP contribution >= 0.6 is 0 Å². The van der Waals surface area contributed by atoms with Crippen molar-refractivity contribution < 1.29 is 250 Å². The zero-order valence-electron chi connectivity index (χ0n) is 40.4. The number of alkyl halides is 57. The van der Waals surface area contributed by atoms with Crippen LogP contribution in [0, 0.1) is 0 Å². The van der Waals surface area contributed by atoms with E-state index >= 15 is 0 Å². The number of halogens is 57. The molecule has 0 rings (SSSR count). The van der Waals surface area contributed by atoms with Crippen LogP contribution in [0.2, 0.25) is 18.1 Å². The van der Waals surface area contributed by atoms with Crippen LogP contribution in [-0.2, 0) is 0 Å². The molecule has 1 nitrogen and oxygen atoms in total. The summed E-state index contributed by atoms with van der Waals surface area (Å²) < 4.78 is 787. The van der Waals surface area contributed by atoms with Crippen LogP contribution in [-0.4, -0.2) is 169 Å². The molecule has 0 heterocycles. The van der Waals surface area contributed by atoms with E-state index in [0.717, 1.165) is 0 Å². The van der Waals surface area contributed by atoms with Crippen molar-refractivity contribution in [2.75, 3.05) is 0 Å². The summed E-state index contributed by atoms with van der Waals surface area (Å²) in [5.74, 6) is -228. The normalized spacial score (nSPS) is 17.3. The predicted molar refractivity (Wildman–Crippen MR) is 175 cm³/mol. The Kier molecular flexibility index (Phi) is 21.4. The lowest BCUT2D eigenvalue weighted by Gasteiger charge is -2.44. The molecule has 59 heteroatoms. The monoisotopic (exact) mass is 1530 g/mol. The van der Waals surface area contributed by atoms with Gasteiger partial charge in [-0.2, -0.15) is 250 Å². The van der Waals surface area contributed by atoms with Gasteiger partial charge in [0.2, 0.25) is 0 Å². The van der Waals surface area contributed by atoms with Crippen molar-refractivity contribution in [1.29, 1.82) is 0 Å². The van der Waals surface area contributed by atoms with Gasteiger partial charge in [0.1, 0.15) is 8.24 Å². The molecule has 0 unspecified atom stereocenters. The van der Waals surface area contributed by atoms with E-state index in [-0.39, 0.29) is 0 Å². The van der Waals surface area contributed by atoms with Crippen LogP contribution in [0.25, 0.3) is 0 Å². The summed E-state index contributed by atoms with van der Waals surface area (Å²) in [7, 11) is -7.93. The quantitative estimate of drug-likeness (QED) is 0.0563. The van der Waals surface area contributed by atoms with E-state index in [1.165, 1.54) is 0 Å². The van der Waals surface area contributed by atoms with E-state index in [9.17, 15) is 250 Å². The molecule has 0 radical (unpaired) electrons. The van der Waals surface area contributed by atoms with E-state index in [4.69, 9.17) is 0 Å². The lowest BCUT2D eigenvalue weighted by Crippen LogP contribution is -2.76. The van der Waals surface area contributed by atoms with Crippen LogP contribution in [0.15, 0.2) is 0 Å². The van der Waals surface area contributed by atoms with Crippen molar-refractivity contribution in [2.24, 2.45) is 5.40 Å². The van der Waals surface area contributed by atoms with E-state index in [1.807, 2.05) is 0 Å². The van der Waals surface area contributed by atoms with Gasteiger partial charge in [-0.3, -0.25) is 0 Å². The fourth-order valence-electron chi connectivity index (χ4n) is 6.24. The minimum Gasteiger partial charge on any atom is -0.351 e. The third-order valence-corrected chi connectivity index (χ3v) is 16.1. The first kappa shape index (κ1) is 88.2. The Morgan fingerprint density at radius 3 is 0.326 bits per heavy atom. The van der Waals surface area contributed by atoms with Gasteiger partial charge in [0.15, 0.2) is 0 Å². The third kappa shape index (κ3) is 11.5. The molecule has 0 aliphatic carbocycles. The minimum atomic E-state index is -9.97. The average Bonchev–Trinajstić information content (AvgIpc) is 0.704. The standard InChI is InChI=1S/C33H14F57NSi/c34-7(35,10(40,41)13(46,47)16(52,53)19(58,59)22(64,65)25(70,71)28(76,77)31(82,83)84)1-4-92(91,5-2-8(36,37)11(42,43)14(48,49)17(54,55)20(60,61)23(66,67)26(72,73)29(78,79)32(85,86)87)6-3-9(38,39)12(44,45)15(50,51)18(56,57)21(62,63)24(68,69)27(74,75)30(80,81)33(88,89)90/h1-6,91H2. The summed E-state index contributed by atoms with van der Waals surface area (Å²) in [5.41, 5.74) is 0. The van der Waals surface area contributed by atoms with Crippen LogP contribution in [0.3, 0.4) is 0 Å². The number of nitrogens with two attached hydrogens (primary N) is 1. The van der Waals surface area contributed by atoms with Crippen molar-refractivity contribution in [3.8, 4) is 0 Å². The number of hydrogen-bond acceptors (Lipinski definition) is 1. The first-order valence-electron chi connectivity index (χ1n) is 20.7. The highest BCUT2D eigenvalue weighted by atomic mass is 28.3. The Labute approximate surface area is 463 Å². The molecule has 0 aromatic heterocycles. The second kappa shape index (κ2) is 22.4. The van der Waals surface area contributed by atoms with Gasteiger partial charge in [-0.15, -0.1) is 0 Å². The molecule has 0 spiro atoms. The van der Waals surface area contributed by atoms with Gasteiger partial charge in [-0.25, -0.2) is 0 Å². The summed E-state index contributed by atoms with van der Waals surface area (Å²) in [5, 5.41) is 4.59. The largest absolute Gasteiger partial charge is 0.460 e. The van der Waals surface area contributed by atoms with Gasteiger partial charge >= 0.3 is 161 Å². The van der Waals surface area contributed by atoms with Crippen LogP contribution in [0.1, 0.15) is 19.3 Å². The molecule has 2 N–H and O–H groups in total. The molecule has 0 atom stereocenters. The maximum absolute atomic E-state index is 14.8. The maximum atomic E-state index is 14.8. The highest BCUT2D eigenvalue weighted by molar-refractivity contribution is 6.76. The summed E-state index contributed by atoms with van der Waals surface area (Å²) in [6, 6.07) is -12.3. The van der Waals surface area contributed by atoms with Crippen molar-refractivity contribution >= 4 is 8.24 Å². The van der Waals surface area contributed by atoms with Gasteiger partial charge in [0.25, 0.3) is 0 Å². The Bertz CT molecular complexity index is 2290. The molecule has 0 fully saturated rings. The molecule has 0 saturated carbocycles. The van der Waals surface area contributed by atoms with E-state index in [0.29, 0.717) is 0 Å². The van der Waals surface area contributed by atoms with Crippen LogP contribution in [0.4, 0.5) is 250 Å². The van der Waals surface area contributed by atoms with E-state index in [2.05, 4.69) is 5.40 Å². The summed E-state index contributed by atoms with van der Waals surface area (Å²) in [6.07, 6.45) is -40.0. The molecule has 0 amide bonds. The Morgan fingerprint density at radius 2 is 0.228 bits per heavy atom. The van der Waals surface area contributed by atoms with Crippen molar-refractivity contribution in [3.05, 3.63) is 0 Å². The minimum absolute atomic E-state index is 4.11. The van der Waals surface area contributed by atoms with Crippen molar-refractivity contribution in [2.45, 2.75) is 198 Å². The number of rotatable bonds is 30. The van der Waals surface area contributed by atoms with E-state index in [1.54, 1.807) is 0 Å². The zero-order chi connectivity index (χ0) is 76.2. The van der Waals surface area contributed by atoms with Gasteiger partial charge in [-0.05, 0) is 18.1 Å². The SMILES string of the molecule is N[Si](CCC(F)(F)C(F)(F)C(F)(F)C(F)(F)C(F)(F)C(F)(F)C(F)(F)C(F)(F)C(F)(F)F)(CCC(F)(F)C(F)(F)C(F)(F)C(F)(F)C(F)(F)C(F)(F)C(F)(F)C(F)(F)C(F)(F)F)CCC(F)(F)C(F)(F)C(F)(F)C(F)(F)C(F)(F)C(F)(F)C(F)(F)C(F)(F)C(F)(F)F. The van der Waals surface area contributed by atoms with Gasteiger partial charge < -0.3 is 5.40 Å². The van der Waals surface area contributed by atoms with Gasteiger partial charge in [0.05, 0.1) is 0 Å². The number of hydrogen-bond donors (Lipinski definition) is 1. The molecule has 0 saturated heterocycles. The lowest BCUT2D eigenvalue weighted by molar-refractivity contribution is -0.468. The highest BCUT2D eigenvalue weighted by Gasteiger charge is 3.00. The Hall–Kier alpha value is -3.81. The first-order valence-corrected chi connectivity index (χ1v) is 23.4. The summed E-state index contributed by atoms with van der Waals surface area (Å²) in [6.45, 7) is 0. The molecule has 0 aromatic rings. The smallest absolute Gasteiger partial charge is 0.351 e. The predicted octanol–water partition coefficient (Wildman–Crippen LogP) is 20.0. The Morgan fingerprint density at radius 1 is 0.141 bits per heavy atom. The highest BCUT2D eigenvalue weighted by Crippen LogP contribution is 2.70. The molecular formula is C33H14F57NSi. The van der Waals surface area contributed by atoms with Crippen LogP contribution in [0.5, 0.6) is 0 Å². The fraction of sp³-hybridized carbons (Fsp3) is 1.00. The molecule has 92 heavy (non-hydrogen) atoms. The zero-order valence-corrected chi connectivity index (χ0v) is 41.4.